The Morgan fingerprint density at radius 2 is 0.536 bits per heavy atom. The molecule has 0 spiro atoms. The molecule has 0 aromatic carbocycles. The number of Topliss-reactive ketones (excluding diaryl/α,β-unsaturated/α-hetero) is 3. The molecular formula is C62H128O7. The quantitative estimate of drug-likeness (QED) is 0.0578. The van der Waals surface area contributed by atoms with Crippen molar-refractivity contribution < 1.29 is 33.3 Å². The normalized spacial score (nSPS) is 11.8. The maximum atomic E-state index is 11.7. The number of ether oxygens (including phenoxy) is 4. The van der Waals surface area contributed by atoms with Crippen LogP contribution in [0.25, 0.3) is 0 Å². The van der Waals surface area contributed by atoms with Gasteiger partial charge in [0.05, 0.1) is 13.2 Å². The van der Waals surface area contributed by atoms with E-state index in [-0.39, 0.29) is 16.2 Å². The third kappa shape index (κ3) is 90.1. The van der Waals surface area contributed by atoms with E-state index in [0.717, 1.165) is 97.4 Å². The van der Waals surface area contributed by atoms with Gasteiger partial charge in [-0.15, -0.1) is 0 Å². The van der Waals surface area contributed by atoms with Gasteiger partial charge in [-0.25, -0.2) is 0 Å². The first-order valence-electron chi connectivity index (χ1n) is 28.8. The molecule has 0 aromatic rings. The SMILES string of the molecule is CCCCCC(C)(C)C.CCCCCCCC(=O)CC(C)(C)C.CCCCCOCCOCCCCC(=O)CC(C)(C)C.CCCCOCCC(C)(C)C.CCCCOCCCC(=O)CC(C)(C)C. The second-order valence-electron chi connectivity index (χ2n) is 25.7. The number of rotatable bonds is 36. The van der Waals surface area contributed by atoms with Crippen molar-refractivity contribution in [3.05, 3.63) is 0 Å². The Morgan fingerprint density at radius 3 is 0.913 bits per heavy atom. The molecule has 418 valence electrons. The molecule has 0 aliphatic heterocycles. The fourth-order valence-electron chi connectivity index (χ4n) is 6.62. The van der Waals surface area contributed by atoms with Crippen LogP contribution in [0.3, 0.4) is 0 Å². The zero-order valence-electron chi connectivity index (χ0n) is 50.9. The molecule has 7 nitrogen and oxygen atoms in total. The standard InChI is InChI=1S/C17H34O3.C13H26O2.C13H26O.C10H22O.C9H20/c1-5-6-8-11-19-13-14-20-12-9-7-10-16(18)15-17(2,3)4;1-5-6-9-15-10-7-8-12(14)11-13(2,3)4;1-5-6-7-8-9-10-12(14)11-13(2,3)4;1-5-6-8-11-9-7-10(2,3)4;1-5-6-7-8-9(2,3)4/h5-15H2,1-4H3;5-11H2,1-4H3;5-11H2,1-4H3;5-9H2,1-4H3;5-8H2,1-4H3. The van der Waals surface area contributed by atoms with Gasteiger partial charge < -0.3 is 18.9 Å². The van der Waals surface area contributed by atoms with Crippen LogP contribution in [0.2, 0.25) is 0 Å². The van der Waals surface area contributed by atoms with Crippen molar-refractivity contribution in [2.24, 2.45) is 27.1 Å². The van der Waals surface area contributed by atoms with E-state index in [1.165, 1.54) is 83.5 Å². The molecule has 0 amide bonds. The van der Waals surface area contributed by atoms with E-state index < -0.39 is 0 Å². The lowest BCUT2D eigenvalue weighted by Crippen LogP contribution is -2.13. The van der Waals surface area contributed by atoms with Gasteiger partial charge in [0.1, 0.15) is 17.3 Å². The molecule has 0 unspecified atom stereocenters. The van der Waals surface area contributed by atoms with Crippen LogP contribution in [-0.4, -0.2) is 70.2 Å². The predicted octanol–water partition coefficient (Wildman–Crippen LogP) is 19.2. The van der Waals surface area contributed by atoms with Crippen molar-refractivity contribution in [2.75, 3.05) is 52.9 Å². The van der Waals surface area contributed by atoms with E-state index in [0.29, 0.717) is 67.1 Å². The molecule has 7 heteroatoms. The molecule has 0 N–H and O–H groups in total. The summed E-state index contributed by atoms with van der Waals surface area (Å²) >= 11 is 0. The molecule has 0 saturated carbocycles. The Balaban J connectivity index is -0.000000254. The second-order valence-corrected chi connectivity index (χ2v) is 25.7. The summed E-state index contributed by atoms with van der Waals surface area (Å²) in [5.74, 6) is 1.17. The fraction of sp³-hybridized carbons (Fsp3) is 0.952. The Morgan fingerprint density at radius 1 is 0.261 bits per heavy atom. The van der Waals surface area contributed by atoms with Crippen LogP contribution in [0.5, 0.6) is 0 Å². The van der Waals surface area contributed by atoms with Gasteiger partial charge in [0.2, 0.25) is 0 Å². The highest BCUT2D eigenvalue weighted by Gasteiger charge is 2.17. The van der Waals surface area contributed by atoms with Crippen LogP contribution < -0.4 is 0 Å². The van der Waals surface area contributed by atoms with Gasteiger partial charge in [0.25, 0.3) is 0 Å². The maximum Gasteiger partial charge on any atom is 0.133 e. The van der Waals surface area contributed by atoms with Gasteiger partial charge in [0.15, 0.2) is 0 Å². The van der Waals surface area contributed by atoms with E-state index in [1.54, 1.807) is 0 Å². The molecule has 0 bridgehead atoms. The van der Waals surface area contributed by atoms with Crippen LogP contribution >= 0.6 is 0 Å². The summed E-state index contributed by atoms with van der Waals surface area (Å²) in [5, 5.41) is 0. The molecule has 0 saturated heterocycles. The third-order valence-electron chi connectivity index (χ3n) is 10.6. The second kappa shape index (κ2) is 50.4. The van der Waals surface area contributed by atoms with Crippen LogP contribution in [-0.2, 0) is 33.3 Å². The third-order valence-corrected chi connectivity index (χ3v) is 10.6. The molecular weight excluding hydrogens is 857 g/mol. The number of hydrogen-bond donors (Lipinski definition) is 0. The van der Waals surface area contributed by atoms with Gasteiger partial charge in [0, 0.05) is 78.2 Å². The Kier molecular flexibility index (Phi) is 56.1. The average molecular weight is 986 g/mol. The lowest BCUT2D eigenvalue weighted by atomic mass is 9.88. The summed E-state index contributed by atoms with van der Waals surface area (Å²) in [6.07, 6.45) is 28.2. The Labute approximate surface area is 434 Å². The first-order valence-corrected chi connectivity index (χ1v) is 28.8. The summed E-state index contributed by atoms with van der Waals surface area (Å²) in [4.78, 5) is 34.6. The van der Waals surface area contributed by atoms with Gasteiger partial charge in [-0.2, -0.15) is 0 Å². The zero-order valence-corrected chi connectivity index (χ0v) is 50.9. The monoisotopic (exact) mass is 985 g/mol. The van der Waals surface area contributed by atoms with E-state index in [9.17, 15) is 14.4 Å². The highest BCUT2D eigenvalue weighted by molar-refractivity contribution is 5.79. The minimum atomic E-state index is 0.114. The molecule has 0 rings (SSSR count). The Bertz CT molecular complexity index is 1080. The summed E-state index contributed by atoms with van der Waals surface area (Å²) in [6.45, 7) is 50.0. The minimum Gasteiger partial charge on any atom is -0.381 e. The van der Waals surface area contributed by atoms with Gasteiger partial charge in [-0.3, -0.25) is 14.4 Å². The molecule has 0 heterocycles. The van der Waals surface area contributed by atoms with E-state index in [1.807, 2.05) is 0 Å². The molecule has 0 atom stereocenters. The van der Waals surface area contributed by atoms with E-state index in [4.69, 9.17) is 18.9 Å². The van der Waals surface area contributed by atoms with Crippen LogP contribution in [0.4, 0.5) is 0 Å². The molecule has 0 fully saturated rings. The van der Waals surface area contributed by atoms with Crippen molar-refractivity contribution in [1.29, 1.82) is 0 Å². The van der Waals surface area contributed by atoms with Crippen LogP contribution in [0.15, 0.2) is 0 Å². The molecule has 0 aromatic heterocycles. The summed E-state index contributed by atoms with van der Waals surface area (Å²) < 4.78 is 21.8. The molecule has 0 radical (unpaired) electrons. The number of carbonyl (C=O) groups excluding carboxylic acids is 3. The van der Waals surface area contributed by atoms with Crippen molar-refractivity contribution in [2.45, 2.75) is 305 Å². The van der Waals surface area contributed by atoms with Crippen molar-refractivity contribution in [3.8, 4) is 0 Å². The number of carbonyl (C=O) groups is 3. The molecule has 0 aliphatic rings. The topological polar surface area (TPSA) is 88.1 Å². The highest BCUT2D eigenvalue weighted by Crippen LogP contribution is 2.23. The van der Waals surface area contributed by atoms with Crippen LogP contribution in [0, 0.1) is 27.1 Å². The summed E-state index contributed by atoms with van der Waals surface area (Å²) in [7, 11) is 0. The summed E-state index contributed by atoms with van der Waals surface area (Å²) in [5.41, 5.74) is 1.38. The smallest absolute Gasteiger partial charge is 0.133 e. The number of unbranched alkanes of at least 4 members (excludes halogenated alkanes) is 11. The molecule has 0 aliphatic carbocycles. The maximum absolute atomic E-state index is 11.7. The van der Waals surface area contributed by atoms with Gasteiger partial charge >= 0.3 is 0 Å². The lowest BCUT2D eigenvalue weighted by Gasteiger charge is -2.17. The largest absolute Gasteiger partial charge is 0.381 e. The van der Waals surface area contributed by atoms with E-state index >= 15 is 0 Å². The lowest BCUT2D eigenvalue weighted by molar-refractivity contribution is -0.121. The van der Waals surface area contributed by atoms with Crippen LogP contribution in [0.1, 0.15) is 305 Å². The summed E-state index contributed by atoms with van der Waals surface area (Å²) in [6, 6.07) is 0. The minimum absolute atomic E-state index is 0.114. The van der Waals surface area contributed by atoms with Crippen molar-refractivity contribution in [1.82, 2.24) is 0 Å². The van der Waals surface area contributed by atoms with E-state index in [2.05, 4.69) is 138 Å². The number of ketones is 3. The first-order chi connectivity index (χ1) is 32.0. The fourth-order valence-corrected chi connectivity index (χ4v) is 6.62. The van der Waals surface area contributed by atoms with Gasteiger partial charge in [-0.1, -0.05) is 209 Å². The Hall–Kier alpha value is -1.15. The average Bonchev–Trinajstić information content (AvgIpc) is 3.19. The van der Waals surface area contributed by atoms with Crippen molar-refractivity contribution >= 4 is 17.3 Å². The first kappa shape index (κ1) is 76.8. The van der Waals surface area contributed by atoms with Crippen molar-refractivity contribution in [3.63, 3.8) is 0 Å². The van der Waals surface area contributed by atoms with Gasteiger partial charge in [-0.05, 0) is 84.9 Å². The molecule has 69 heavy (non-hydrogen) atoms. The highest BCUT2D eigenvalue weighted by atomic mass is 16.5. The predicted molar refractivity (Wildman–Crippen MR) is 304 cm³/mol. The number of hydrogen-bond acceptors (Lipinski definition) is 7. The zero-order chi connectivity index (χ0) is 54.1.